The van der Waals surface area contributed by atoms with E-state index in [2.05, 4.69) is 15.0 Å². The molecule has 1 aliphatic rings. The Balaban J connectivity index is 1.25. The zero-order valence-corrected chi connectivity index (χ0v) is 17.9. The summed E-state index contributed by atoms with van der Waals surface area (Å²) < 4.78 is 7.76. The number of fused-ring (bicyclic) bond motifs is 1. The second-order valence-electron chi connectivity index (χ2n) is 7.83. The molecule has 162 valence electrons. The van der Waals surface area contributed by atoms with Crippen molar-refractivity contribution in [1.29, 1.82) is 0 Å². The first-order chi connectivity index (χ1) is 15.7. The zero-order chi connectivity index (χ0) is 21.9. The molecule has 5 rings (SSSR count). The topological polar surface area (TPSA) is 86.0 Å². The number of pyridine rings is 1. The maximum atomic E-state index is 12.9. The second kappa shape index (κ2) is 8.84. The van der Waals surface area contributed by atoms with E-state index in [-0.39, 0.29) is 25.2 Å². The third-order valence-electron chi connectivity index (χ3n) is 5.82. The summed E-state index contributed by atoms with van der Waals surface area (Å²) in [6.07, 6.45) is 5.26. The molecule has 1 atom stereocenters. The number of carbonyl (C=O) groups excluding carboxylic acids is 1. The number of aromatic nitrogens is 5. The van der Waals surface area contributed by atoms with Gasteiger partial charge >= 0.3 is 0 Å². The number of benzene rings is 1. The smallest absolute Gasteiger partial charge is 0.249 e. The van der Waals surface area contributed by atoms with Crippen LogP contribution < -0.4 is 0 Å². The van der Waals surface area contributed by atoms with E-state index in [1.807, 2.05) is 65.0 Å². The van der Waals surface area contributed by atoms with Crippen molar-refractivity contribution in [1.82, 2.24) is 29.4 Å². The Kier molecular flexibility index (Phi) is 5.60. The number of likely N-dealkylation sites (tertiary alicyclic amines) is 1. The number of hydrogen-bond donors (Lipinski definition) is 0. The summed E-state index contributed by atoms with van der Waals surface area (Å²) in [6, 6.07) is 15.4. The van der Waals surface area contributed by atoms with Gasteiger partial charge in [0.15, 0.2) is 5.82 Å². The van der Waals surface area contributed by atoms with Crippen LogP contribution in [-0.2, 0) is 23.2 Å². The molecule has 0 radical (unpaired) electrons. The third kappa shape index (κ3) is 3.97. The lowest BCUT2D eigenvalue weighted by Crippen LogP contribution is -2.34. The fourth-order valence-electron chi connectivity index (χ4n) is 4.19. The highest BCUT2D eigenvalue weighted by molar-refractivity contribution is 5.78. The van der Waals surface area contributed by atoms with E-state index in [1.54, 1.807) is 12.4 Å². The molecule has 1 saturated heterocycles. The Morgan fingerprint density at radius 1 is 1.06 bits per heavy atom. The molecule has 3 aromatic heterocycles. The normalized spacial score (nSPS) is 16.0. The van der Waals surface area contributed by atoms with E-state index in [1.165, 1.54) is 0 Å². The fraction of sp³-hybridized carbons (Fsp3) is 0.292. The van der Waals surface area contributed by atoms with E-state index in [4.69, 9.17) is 9.72 Å². The van der Waals surface area contributed by atoms with Crippen LogP contribution >= 0.6 is 0 Å². The minimum absolute atomic E-state index is 0.0118. The van der Waals surface area contributed by atoms with Gasteiger partial charge in [0.05, 0.1) is 22.8 Å². The minimum atomic E-state index is -0.0766. The zero-order valence-electron chi connectivity index (χ0n) is 17.9. The van der Waals surface area contributed by atoms with E-state index in [0.717, 1.165) is 41.1 Å². The number of carbonyl (C=O) groups is 1. The van der Waals surface area contributed by atoms with Crippen LogP contribution in [-0.4, -0.2) is 48.5 Å². The maximum absolute atomic E-state index is 12.9. The van der Waals surface area contributed by atoms with Gasteiger partial charge in [-0.05, 0) is 43.2 Å². The monoisotopic (exact) mass is 428 g/mol. The molecule has 1 fully saturated rings. The molecular formula is C24H24N6O2. The summed E-state index contributed by atoms with van der Waals surface area (Å²) in [5.41, 5.74) is 3.52. The van der Waals surface area contributed by atoms with Crippen molar-refractivity contribution < 1.29 is 9.53 Å². The van der Waals surface area contributed by atoms with Crippen LogP contribution in [0.4, 0.5) is 0 Å². The number of ether oxygens (including phenoxy) is 1. The van der Waals surface area contributed by atoms with Gasteiger partial charge in [0.1, 0.15) is 24.7 Å². The number of nitrogens with zero attached hydrogens (tertiary/aromatic N) is 6. The number of rotatable bonds is 6. The van der Waals surface area contributed by atoms with Crippen molar-refractivity contribution >= 4 is 16.9 Å². The number of hydrogen-bond acceptors (Lipinski definition) is 6. The second-order valence-corrected chi connectivity index (χ2v) is 7.83. The standard InChI is InChI=1S/C24H24N6O2/c1-29-20-9-3-2-7-17(20)27-22(29)15-32-16-23(31)30-14-6-10-21(30)18-11-13-26-24(28-18)19-8-4-5-12-25-19/h2-5,7-9,11-13,21H,6,10,14-16H2,1H3. The Labute approximate surface area is 185 Å². The molecule has 1 amide bonds. The van der Waals surface area contributed by atoms with Crippen molar-refractivity contribution in [3.05, 3.63) is 72.4 Å². The molecule has 4 aromatic rings. The summed E-state index contributed by atoms with van der Waals surface area (Å²) >= 11 is 0. The molecule has 1 unspecified atom stereocenters. The van der Waals surface area contributed by atoms with Gasteiger partial charge in [-0.3, -0.25) is 9.78 Å². The summed E-state index contributed by atoms with van der Waals surface area (Å²) in [5.74, 6) is 1.33. The highest BCUT2D eigenvalue weighted by Crippen LogP contribution is 2.31. The van der Waals surface area contributed by atoms with Crippen LogP contribution in [0.5, 0.6) is 0 Å². The average molecular weight is 428 g/mol. The van der Waals surface area contributed by atoms with Crippen molar-refractivity contribution in [2.24, 2.45) is 7.05 Å². The summed E-state index contributed by atoms with van der Waals surface area (Å²) in [7, 11) is 1.96. The molecule has 0 saturated carbocycles. The SMILES string of the molecule is Cn1c(COCC(=O)N2CCCC2c2ccnc(-c3ccccn3)n2)nc2ccccc21. The van der Waals surface area contributed by atoms with Gasteiger partial charge in [-0.15, -0.1) is 0 Å². The predicted octanol–water partition coefficient (Wildman–Crippen LogP) is 3.31. The van der Waals surface area contributed by atoms with Crippen molar-refractivity contribution in [3.63, 3.8) is 0 Å². The lowest BCUT2D eigenvalue weighted by molar-refractivity contribution is -0.137. The minimum Gasteiger partial charge on any atom is -0.364 e. The number of imidazole rings is 1. The molecule has 0 bridgehead atoms. The quantitative estimate of drug-likeness (QED) is 0.468. The van der Waals surface area contributed by atoms with E-state index in [9.17, 15) is 4.79 Å². The average Bonchev–Trinajstić information content (AvgIpc) is 3.45. The molecular weight excluding hydrogens is 404 g/mol. The van der Waals surface area contributed by atoms with Crippen LogP contribution in [0.25, 0.3) is 22.6 Å². The Morgan fingerprint density at radius 3 is 2.78 bits per heavy atom. The number of aryl methyl sites for hydroxylation is 1. The van der Waals surface area contributed by atoms with Crippen LogP contribution in [0.15, 0.2) is 60.9 Å². The first-order valence-electron chi connectivity index (χ1n) is 10.7. The summed E-state index contributed by atoms with van der Waals surface area (Å²) in [6.45, 7) is 0.993. The van der Waals surface area contributed by atoms with Gasteiger partial charge in [-0.1, -0.05) is 18.2 Å². The predicted molar refractivity (Wildman–Crippen MR) is 119 cm³/mol. The number of amides is 1. The van der Waals surface area contributed by atoms with Crippen LogP contribution in [0, 0.1) is 0 Å². The highest BCUT2D eigenvalue weighted by atomic mass is 16.5. The molecule has 32 heavy (non-hydrogen) atoms. The lowest BCUT2D eigenvalue weighted by Gasteiger charge is -2.24. The van der Waals surface area contributed by atoms with Gasteiger partial charge in [0, 0.05) is 26.0 Å². The van der Waals surface area contributed by atoms with Crippen molar-refractivity contribution in [3.8, 4) is 11.5 Å². The van der Waals surface area contributed by atoms with Gasteiger partial charge in [-0.2, -0.15) is 0 Å². The third-order valence-corrected chi connectivity index (χ3v) is 5.82. The van der Waals surface area contributed by atoms with Gasteiger partial charge in [-0.25, -0.2) is 15.0 Å². The van der Waals surface area contributed by atoms with E-state index >= 15 is 0 Å². The van der Waals surface area contributed by atoms with Gasteiger partial charge < -0.3 is 14.2 Å². The largest absolute Gasteiger partial charge is 0.364 e. The molecule has 8 heteroatoms. The molecule has 8 nitrogen and oxygen atoms in total. The lowest BCUT2D eigenvalue weighted by atomic mass is 10.1. The molecule has 1 aliphatic heterocycles. The summed E-state index contributed by atoms with van der Waals surface area (Å²) in [4.78, 5) is 32.8. The molecule has 0 N–H and O–H groups in total. The first kappa shape index (κ1) is 20.3. The highest BCUT2D eigenvalue weighted by Gasteiger charge is 2.31. The van der Waals surface area contributed by atoms with E-state index < -0.39 is 0 Å². The Morgan fingerprint density at radius 2 is 1.94 bits per heavy atom. The Hall–Kier alpha value is -3.65. The van der Waals surface area contributed by atoms with Crippen molar-refractivity contribution in [2.75, 3.05) is 13.2 Å². The first-order valence-corrected chi connectivity index (χ1v) is 10.7. The van der Waals surface area contributed by atoms with Crippen LogP contribution in [0.3, 0.4) is 0 Å². The molecule has 0 spiro atoms. The molecule has 0 aliphatic carbocycles. The van der Waals surface area contributed by atoms with Crippen molar-refractivity contribution in [2.45, 2.75) is 25.5 Å². The molecule has 4 heterocycles. The van der Waals surface area contributed by atoms with Gasteiger partial charge in [0.2, 0.25) is 5.91 Å². The molecule has 1 aromatic carbocycles. The number of para-hydroxylation sites is 2. The van der Waals surface area contributed by atoms with E-state index in [0.29, 0.717) is 12.4 Å². The maximum Gasteiger partial charge on any atom is 0.249 e. The Bertz CT molecular complexity index is 1240. The summed E-state index contributed by atoms with van der Waals surface area (Å²) in [5, 5.41) is 0. The van der Waals surface area contributed by atoms with Crippen LogP contribution in [0.2, 0.25) is 0 Å². The van der Waals surface area contributed by atoms with Crippen LogP contribution in [0.1, 0.15) is 30.4 Å². The van der Waals surface area contributed by atoms with Gasteiger partial charge in [0.25, 0.3) is 0 Å². The fourth-order valence-corrected chi connectivity index (χ4v) is 4.19.